The fourth-order valence-corrected chi connectivity index (χ4v) is 2.42. The van der Waals surface area contributed by atoms with Crippen LogP contribution in [-0.4, -0.2) is 22.7 Å². The summed E-state index contributed by atoms with van der Waals surface area (Å²) < 4.78 is 0. The standard InChI is InChI=1S/C22H30N6.2ClH/c1-5-21(3,19(23)25-17-13-9-7-10-14-17)27-28-22(4,6-2)20(24)26-18-15-11-8-12-16-18;;/h7-16H,5-6H2,1-4H3,(H2,23,25)(H2,24,26);2*1H. The molecule has 2 atom stereocenters. The lowest BCUT2D eigenvalue weighted by Gasteiger charge is -2.28. The van der Waals surface area contributed by atoms with Gasteiger partial charge >= 0.3 is 0 Å². The lowest BCUT2D eigenvalue weighted by molar-refractivity contribution is 0.491. The van der Waals surface area contributed by atoms with Gasteiger partial charge in [-0.2, -0.15) is 10.2 Å². The Morgan fingerprint density at radius 3 is 1.27 bits per heavy atom. The normalized spacial score (nSPS) is 14.4. The van der Waals surface area contributed by atoms with E-state index in [-0.39, 0.29) is 36.5 Å². The minimum atomic E-state index is -0.792. The van der Waals surface area contributed by atoms with E-state index >= 15 is 0 Å². The van der Waals surface area contributed by atoms with Crippen molar-refractivity contribution in [3.63, 3.8) is 0 Å². The lowest BCUT2D eigenvalue weighted by Crippen LogP contribution is -2.40. The number of rotatable bonds is 8. The largest absolute Gasteiger partial charge is 0.342 e. The third-order valence-electron chi connectivity index (χ3n) is 5.03. The van der Waals surface area contributed by atoms with Crippen LogP contribution in [0.1, 0.15) is 40.5 Å². The molecule has 2 aromatic rings. The average molecular weight is 451 g/mol. The van der Waals surface area contributed by atoms with Crippen molar-refractivity contribution in [3.05, 3.63) is 60.7 Å². The van der Waals surface area contributed by atoms with Gasteiger partial charge in [0.15, 0.2) is 0 Å². The fraction of sp³-hybridized carbons (Fsp3) is 0.364. The van der Waals surface area contributed by atoms with Gasteiger partial charge in [-0.15, -0.1) is 24.8 Å². The van der Waals surface area contributed by atoms with E-state index in [9.17, 15) is 0 Å². The van der Waals surface area contributed by atoms with Crippen LogP contribution < -0.4 is 10.6 Å². The van der Waals surface area contributed by atoms with Crippen LogP contribution in [0.2, 0.25) is 0 Å². The van der Waals surface area contributed by atoms with Gasteiger partial charge in [0.2, 0.25) is 0 Å². The smallest absolute Gasteiger partial charge is 0.135 e. The summed E-state index contributed by atoms with van der Waals surface area (Å²) in [5, 5.41) is 32.3. The van der Waals surface area contributed by atoms with Crippen molar-refractivity contribution >= 4 is 47.9 Å². The van der Waals surface area contributed by atoms with Crippen LogP contribution in [0.5, 0.6) is 0 Å². The molecule has 4 N–H and O–H groups in total. The molecular weight excluding hydrogens is 419 g/mol. The highest BCUT2D eigenvalue weighted by molar-refractivity contribution is 6.01. The molecule has 8 heteroatoms. The number of para-hydroxylation sites is 2. The molecule has 0 aliphatic heterocycles. The van der Waals surface area contributed by atoms with Crippen molar-refractivity contribution in [1.82, 2.24) is 0 Å². The highest BCUT2D eigenvalue weighted by Gasteiger charge is 2.32. The summed E-state index contributed by atoms with van der Waals surface area (Å²) in [6.07, 6.45) is 1.24. The molecule has 2 unspecified atom stereocenters. The van der Waals surface area contributed by atoms with Crippen molar-refractivity contribution in [1.29, 1.82) is 10.8 Å². The van der Waals surface area contributed by atoms with E-state index in [1.54, 1.807) is 0 Å². The fourth-order valence-electron chi connectivity index (χ4n) is 2.42. The zero-order valence-electron chi connectivity index (χ0n) is 17.9. The average Bonchev–Trinajstić information content (AvgIpc) is 2.73. The number of benzene rings is 2. The molecule has 0 aromatic heterocycles. The van der Waals surface area contributed by atoms with Crippen LogP contribution in [0.25, 0.3) is 0 Å². The second kappa shape index (κ2) is 12.3. The molecule has 2 aromatic carbocycles. The molecule has 0 radical (unpaired) electrons. The summed E-state index contributed by atoms with van der Waals surface area (Å²) in [5.41, 5.74) is 0.108. The summed E-state index contributed by atoms with van der Waals surface area (Å²) in [4.78, 5) is 0. The minimum Gasteiger partial charge on any atom is -0.342 e. The predicted molar refractivity (Wildman–Crippen MR) is 132 cm³/mol. The maximum atomic E-state index is 8.50. The number of halogens is 2. The molecule has 164 valence electrons. The van der Waals surface area contributed by atoms with E-state index in [4.69, 9.17) is 10.8 Å². The number of nitrogens with zero attached hydrogens (tertiary/aromatic N) is 2. The van der Waals surface area contributed by atoms with E-state index < -0.39 is 11.1 Å². The third kappa shape index (κ3) is 7.11. The molecule has 0 heterocycles. The van der Waals surface area contributed by atoms with Crippen molar-refractivity contribution in [3.8, 4) is 0 Å². The molecule has 6 nitrogen and oxygen atoms in total. The zero-order chi connectivity index (χ0) is 20.6. The Bertz CT molecular complexity index is 759. The highest BCUT2D eigenvalue weighted by Crippen LogP contribution is 2.25. The van der Waals surface area contributed by atoms with Gasteiger partial charge in [0.25, 0.3) is 0 Å². The van der Waals surface area contributed by atoms with Crippen LogP contribution in [0.4, 0.5) is 11.4 Å². The molecule has 0 bridgehead atoms. The SMILES string of the molecule is CCC(C)(N=NC(C)(CC)C(=N)Nc1ccccc1)C(=N)Nc1ccccc1.Cl.Cl. The van der Waals surface area contributed by atoms with Gasteiger partial charge in [-0.1, -0.05) is 50.2 Å². The first-order valence-electron chi connectivity index (χ1n) is 9.59. The Labute approximate surface area is 191 Å². The van der Waals surface area contributed by atoms with Crippen molar-refractivity contribution in [2.75, 3.05) is 10.6 Å². The summed E-state index contributed by atoms with van der Waals surface area (Å²) in [6, 6.07) is 19.2. The Balaban J connectivity index is 0.00000420. The van der Waals surface area contributed by atoms with Gasteiger partial charge < -0.3 is 10.6 Å². The molecule has 0 aliphatic carbocycles. The van der Waals surface area contributed by atoms with Crippen molar-refractivity contribution in [2.24, 2.45) is 10.2 Å². The second-order valence-corrected chi connectivity index (χ2v) is 7.19. The first-order chi connectivity index (χ1) is 13.3. The molecule has 0 saturated heterocycles. The van der Waals surface area contributed by atoms with E-state index in [2.05, 4.69) is 20.9 Å². The maximum absolute atomic E-state index is 8.50. The van der Waals surface area contributed by atoms with E-state index in [0.717, 1.165) is 11.4 Å². The minimum absolute atomic E-state index is 0. The molecule has 0 fully saturated rings. The van der Waals surface area contributed by atoms with Gasteiger partial charge in [-0.3, -0.25) is 10.8 Å². The molecule has 0 aliphatic rings. The number of amidine groups is 2. The quantitative estimate of drug-likeness (QED) is 0.202. The first-order valence-corrected chi connectivity index (χ1v) is 9.59. The summed E-state index contributed by atoms with van der Waals surface area (Å²) >= 11 is 0. The topological polar surface area (TPSA) is 96.5 Å². The Morgan fingerprint density at radius 1 is 0.700 bits per heavy atom. The molecule has 0 amide bonds. The van der Waals surface area contributed by atoms with E-state index in [1.165, 1.54) is 0 Å². The number of hydrogen-bond acceptors (Lipinski definition) is 4. The van der Waals surface area contributed by atoms with Crippen LogP contribution in [-0.2, 0) is 0 Å². The summed E-state index contributed by atoms with van der Waals surface area (Å²) in [6.45, 7) is 7.74. The van der Waals surface area contributed by atoms with Crippen LogP contribution >= 0.6 is 24.8 Å². The van der Waals surface area contributed by atoms with Gasteiger partial charge in [-0.25, -0.2) is 0 Å². The van der Waals surface area contributed by atoms with Gasteiger partial charge in [0.1, 0.15) is 22.7 Å². The van der Waals surface area contributed by atoms with Gasteiger partial charge in [-0.05, 0) is 51.0 Å². The van der Waals surface area contributed by atoms with Crippen molar-refractivity contribution in [2.45, 2.75) is 51.6 Å². The summed E-state index contributed by atoms with van der Waals surface area (Å²) in [7, 11) is 0. The molecular formula is C22H32Cl2N6. The first kappa shape index (κ1) is 27.6. The second-order valence-electron chi connectivity index (χ2n) is 7.19. The number of azo groups is 1. The highest BCUT2D eigenvalue weighted by atomic mass is 35.5. The Morgan fingerprint density at radius 2 is 1.00 bits per heavy atom. The summed E-state index contributed by atoms with van der Waals surface area (Å²) in [5.74, 6) is 0.567. The number of anilines is 2. The van der Waals surface area contributed by atoms with Crippen LogP contribution in [0.15, 0.2) is 70.9 Å². The Kier molecular flexibility index (Phi) is 11.3. The predicted octanol–water partition coefficient (Wildman–Crippen LogP) is 6.80. The Hall–Kier alpha value is -2.44. The van der Waals surface area contributed by atoms with E-state index in [1.807, 2.05) is 88.4 Å². The molecule has 30 heavy (non-hydrogen) atoms. The zero-order valence-corrected chi connectivity index (χ0v) is 19.5. The van der Waals surface area contributed by atoms with E-state index in [0.29, 0.717) is 12.8 Å². The molecule has 0 spiro atoms. The molecule has 0 saturated carbocycles. The number of hydrogen-bond donors (Lipinski definition) is 4. The molecule has 2 rings (SSSR count). The van der Waals surface area contributed by atoms with Crippen LogP contribution in [0, 0.1) is 10.8 Å². The number of nitrogens with one attached hydrogen (secondary N) is 4. The van der Waals surface area contributed by atoms with Crippen LogP contribution in [0.3, 0.4) is 0 Å². The van der Waals surface area contributed by atoms with Crippen molar-refractivity contribution < 1.29 is 0 Å². The van der Waals surface area contributed by atoms with Gasteiger partial charge in [0.05, 0.1) is 0 Å². The monoisotopic (exact) mass is 450 g/mol. The lowest BCUT2D eigenvalue weighted by atomic mass is 9.96. The third-order valence-corrected chi connectivity index (χ3v) is 5.03. The van der Waals surface area contributed by atoms with Gasteiger partial charge in [0, 0.05) is 11.4 Å². The maximum Gasteiger partial charge on any atom is 0.135 e.